The molecule has 0 saturated carbocycles. The van der Waals surface area contributed by atoms with Crippen LogP contribution in [0.2, 0.25) is 0 Å². The van der Waals surface area contributed by atoms with Crippen molar-refractivity contribution in [1.82, 2.24) is 20.3 Å². The summed E-state index contributed by atoms with van der Waals surface area (Å²) in [5.41, 5.74) is 1.08. The molecule has 0 fully saturated rings. The van der Waals surface area contributed by atoms with Crippen LogP contribution in [0.1, 0.15) is 28.4 Å². The van der Waals surface area contributed by atoms with Gasteiger partial charge >= 0.3 is 0 Å². The molecule has 1 unspecified atom stereocenters. The third-order valence-electron chi connectivity index (χ3n) is 2.25. The summed E-state index contributed by atoms with van der Waals surface area (Å²) in [5.74, 6) is 0. The fraction of sp³-hybridized carbons (Fsp3) is 0.364. The highest BCUT2D eigenvalue weighted by atomic mass is 32.1. The third kappa shape index (κ3) is 2.43. The van der Waals surface area contributed by atoms with Gasteiger partial charge in [-0.05, 0) is 13.5 Å². The lowest BCUT2D eigenvalue weighted by atomic mass is 10.1. The molecule has 0 saturated heterocycles. The molecule has 0 bridgehead atoms. The minimum Gasteiger partial charge on any atom is -0.306 e. The fourth-order valence-corrected chi connectivity index (χ4v) is 2.45. The number of nitrogens with one attached hydrogen (secondary N) is 1. The molecule has 0 amide bonds. The highest BCUT2D eigenvalue weighted by Crippen LogP contribution is 2.25. The smallest absolute Gasteiger partial charge is 0.115 e. The molecule has 0 aromatic carbocycles. The minimum absolute atomic E-state index is 0.150. The number of hydrogen-bond acceptors (Lipinski definition) is 5. The van der Waals surface area contributed by atoms with Gasteiger partial charge in [0.05, 0.1) is 11.0 Å². The maximum absolute atomic E-state index is 4.28. The predicted molar refractivity (Wildman–Crippen MR) is 64.4 cm³/mol. The summed E-state index contributed by atoms with van der Waals surface area (Å²) in [6.07, 6.45) is 7.15. The third-order valence-corrected chi connectivity index (χ3v) is 3.22. The van der Waals surface area contributed by atoms with Crippen molar-refractivity contribution in [2.24, 2.45) is 0 Å². The molecular formula is C11H14N4S. The van der Waals surface area contributed by atoms with E-state index in [0.29, 0.717) is 0 Å². The normalized spacial score (nSPS) is 12.6. The van der Waals surface area contributed by atoms with E-state index >= 15 is 0 Å². The first-order valence-electron chi connectivity index (χ1n) is 5.22. The molecule has 84 valence electrons. The van der Waals surface area contributed by atoms with Crippen LogP contribution in [0.25, 0.3) is 0 Å². The molecule has 0 radical (unpaired) electrons. The van der Waals surface area contributed by atoms with Gasteiger partial charge in [0.2, 0.25) is 0 Å². The van der Waals surface area contributed by atoms with Crippen molar-refractivity contribution in [3.05, 3.63) is 40.4 Å². The number of aryl methyl sites for hydroxylation is 1. The summed E-state index contributed by atoms with van der Waals surface area (Å²) in [7, 11) is 0. The monoisotopic (exact) mass is 234 g/mol. The van der Waals surface area contributed by atoms with E-state index in [2.05, 4.69) is 27.2 Å². The van der Waals surface area contributed by atoms with Crippen molar-refractivity contribution in [1.29, 1.82) is 0 Å². The Balaban J connectivity index is 2.31. The standard InChI is InChI=1S/C11H14N4S/c1-3-14-11(9-4-12-7-13-5-9)10-6-15-8(2)16-10/h4-7,11,14H,3H2,1-2H3. The van der Waals surface area contributed by atoms with Gasteiger partial charge in [0.15, 0.2) is 0 Å². The van der Waals surface area contributed by atoms with E-state index in [4.69, 9.17) is 0 Å². The number of nitrogens with zero attached hydrogens (tertiary/aromatic N) is 3. The first-order chi connectivity index (χ1) is 7.81. The number of hydrogen-bond donors (Lipinski definition) is 1. The van der Waals surface area contributed by atoms with Crippen LogP contribution in [0, 0.1) is 6.92 Å². The molecule has 2 aromatic heterocycles. The lowest BCUT2D eigenvalue weighted by Crippen LogP contribution is -2.21. The molecule has 0 aliphatic rings. The summed E-state index contributed by atoms with van der Waals surface area (Å²) in [5, 5.41) is 4.50. The van der Waals surface area contributed by atoms with Crippen molar-refractivity contribution in [2.45, 2.75) is 19.9 Å². The lowest BCUT2D eigenvalue weighted by Gasteiger charge is -2.15. The summed E-state index contributed by atoms with van der Waals surface area (Å²) in [6.45, 7) is 5.00. The maximum Gasteiger partial charge on any atom is 0.115 e. The Hall–Kier alpha value is -1.33. The topological polar surface area (TPSA) is 50.7 Å². The van der Waals surface area contributed by atoms with E-state index in [0.717, 1.165) is 17.1 Å². The van der Waals surface area contributed by atoms with E-state index in [9.17, 15) is 0 Å². The van der Waals surface area contributed by atoms with Crippen molar-refractivity contribution in [2.75, 3.05) is 6.54 Å². The van der Waals surface area contributed by atoms with Crippen LogP contribution in [0.3, 0.4) is 0 Å². The van der Waals surface area contributed by atoms with E-state index in [1.165, 1.54) is 4.88 Å². The summed E-state index contributed by atoms with van der Waals surface area (Å²) < 4.78 is 0. The zero-order valence-electron chi connectivity index (χ0n) is 9.34. The zero-order valence-corrected chi connectivity index (χ0v) is 10.2. The zero-order chi connectivity index (χ0) is 11.4. The molecule has 0 spiro atoms. The van der Waals surface area contributed by atoms with Gasteiger partial charge in [0.1, 0.15) is 6.33 Å². The lowest BCUT2D eigenvalue weighted by molar-refractivity contribution is 0.634. The SMILES string of the molecule is CCNC(c1cncnc1)c1cnc(C)s1. The molecular weight excluding hydrogens is 220 g/mol. The number of thiazole rings is 1. The van der Waals surface area contributed by atoms with Gasteiger partial charge < -0.3 is 5.32 Å². The van der Waals surface area contributed by atoms with Gasteiger partial charge in [-0.15, -0.1) is 11.3 Å². The minimum atomic E-state index is 0.150. The Labute approximate surface area is 98.8 Å². The first-order valence-corrected chi connectivity index (χ1v) is 6.03. The fourth-order valence-electron chi connectivity index (χ4n) is 1.56. The van der Waals surface area contributed by atoms with Crippen LogP contribution in [0.5, 0.6) is 0 Å². The van der Waals surface area contributed by atoms with Gasteiger partial charge in [-0.25, -0.2) is 15.0 Å². The van der Waals surface area contributed by atoms with Crippen LogP contribution in [0.15, 0.2) is 24.9 Å². The van der Waals surface area contributed by atoms with Crippen LogP contribution in [-0.4, -0.2) is 21.5 Å². The first kappa shape index (κ1) is 11.2. The molecule has 1 N–H and O–H groups in total. The van der Waals surface area contributed by atoms with Crippen molar-refractivity contribution < 1.29 is 0 Å². The van der Waals surface area contributed by atoms with Gasteiger partial charge in [0.25, 0.3) is 0 Å². The van der Waals surface area contributed by atoms with Crippen LogP contribution in [0.4, 0.5) is 0 Å². The van der Waals surface area contributed by atoms with E-state index in [-0.39, 0.29) is 6.04 Å². The average molecular weight is 234 g/mol. The van der Waals surface area contributed by atoms with Crippen molar-refractivity contribution in [3.8, 4) is 0 Å². The molecule has 0 aliphatic carbocycles. The summed E-state index contributed by atoms with van der Waals surface area (Å²) >= 11 is 1.70. The highest BCUT2D eigenvalue weighted by Gasteiger charge is 2.15. The highest BCUT2D eigenvalue weighted by molar-refractivity contribution is 7.11. The Morgan fingerprint density at radius 1 is 1.31 bits per heavy atom. The van der Waals surface area contributed by atoms with Gasteiger partial charge in [-0.3, -0.25) is 0 Å². The van der Waals surface area contributed by atoms with Crippen molar-refractivity contribution >= 4 is 11.3 Å². The Kier molecular flexibility index (Phi) is 3.58. The molecule has 0 aliphatic heterocycles. The molecule has 2 aromatic rings. The van der Waals surface area contributed by atoms with Crippen LogP contribution < -0.4 is 5.32 Å². The van der Waals surface area contributed by atoms with Gasteiger partial charge in [-0.1, -0.05) is 6.92 Å². The molecule has 16 heavy (non-hydrogen) atoms. The molecule has 5 heteroatoms. The Morgan fingerprint density at radius 3 is 2.62 bits per heavy atom. The van der Waals surface area contributed by atoms with Gasteiger partial charge in [0, 0.05) is 29.0 Å². The van der Waals surface area contributed by atoms with Crippen LogP contribution in [-0.2, 0) is 0 Å². The second-order valence-electron chi connectivity index (χ2n) is 3.44. The quantitative estimate of drug-likeness (QED) is 0.878. The average Bonchev–Trinajstić information content (AvgIpc) is 2.74. The molecule has 2 rings (SSSR count). The second-order valence-corrected chi connectivity index (χ2v) is 4.71. The molecule has 4 nitrogen and oxygen atoms in total. The predicted octanol–water partition coefficient (Wildman–Crippen LogP) is 1.94. The largest absolute Gasteiger partial charge is 0.306 e. The second kappa shape index (κ2) is 5.14. The Morgan fingerprint density at radius 2 is 2.06 bits per heavy atom. The van der Waals surface area contributed by atoms with Crippen LogP contribution >= 0.6 is 11.3 Å². The Bertz CT molecular complexity index is 440. The van der Waals surface area contributed by atoms with E-state index in [1.54, 1.807) is 17.7 Å². The van der Waals surface area contributed by atoms with Crippen molar-refractivity contribution in [3.63, 3.8) is 0 Å². The summed E-state index contributed by atoms with van der Waals surface area (Å²) in [4.78, 5) is 13.6. The van der Waals surface area contributed by atoms with E-state index < -0.39 is 0 Å². The maximum atomic E-state index is 4.28. The van der Waals surface area contributed by atoms with E-state index in [1.807, 2.05) is 25.5 Å². The number of rotatable bonds is 4. The molecule has 2 heterocycles. The van der Waals surface area contributed by atoms with Gasteiger partial charge in [-0.2, -0.15) is 0 Å². The molecule has 1 atom stereocenters. The summed E-state index contributed by atoms with van der Waals surface area (Å²) in [6, 6.07) is 0.150. The number of aromatic nitrogens is 3.